The molecule has 29 heavy (non-hydrogen) atoms. The number of aliphatic imine (C=N–C) groups is 1. The number of amides is 1. The van der Waals surface area contributed by atoms with Crippen LogP contribution in [0.1, 0.15) is 36.6 Å². The van der Waals surface area contributed by atoms with E-state index in [0.717, 1.165) is 36.6 Å². The second-order valence-corrected chi connectivity index (χ2v) is 7.37. The molecule has 2 unspecified atom stereocenters. The molecule has 0 saturated heterocycles. The van der Waals surface area contributed by atoms with Crippen molar-refractivity contribution in [3.05, 3.63) is 47.5 Å². The molecule has 158 valence electrons. The Labute approximate surface area is 189 Å². The smallest absolute Gasteiger partial charge is 0.243 e. The third-order valence-corrected chi connectivity index (χ3v) is 4.83. The second kappa shape index (κ2) is 10.6. The quantitative estimate of drug-likeness (QED) is 0.364. The van der Waals surface area contributed by atoms with E-state index in [4.69, 9.17) is 0 Å². The van der Waals surface area contributed by atoms with E-state index in [1.807, 2.05) is 29.8 Å². The molecule has 2 heterocycles. The first kappa shape index (κ1) is 23.1. The lowest BCUT2D eigenvalue weighted by atomic mass is 10.1. The van der Waals surface area contributed by atoms with Crippen LogP contribution >= 0.6 is 24.0 Å². The SMILES string of the molecule is Cc1nc2n(n1)CC(NC(=NCC(=O)N(C)C)NC(C)c1ccccc1)CC2.I. The van der Waals surface area contributed by atoms with Crippen molar-refractivity contribution in [1.82, 2.24) is 30.3 Å². The molecule has 2 aromatic rings. The predicted octanol–water partition coefficient (Wildman–Crippen LogP) is 1.90. The van der Waals surface area contributed by atoms with Gasteiger partial charge in [-0.3, -0.25) is 4.79 Å². The van der Waals surface area contributed by atoms with E-state index < -0.39 is 0 Å². The Bertz CT molecular complexity index is 835. The molecule has 9 heteroatoms. The van der Waals surface area contributed by atoms with E-state index in [-0.39, 0.29) is 48.5 Å². The fraction of sp³-hybridized carbons (Fsp3) is 0.500. The number of nitrogens with one attached hydrogen (secondary N) is 2. The van der Waals surface area contributed by atoms with Gasteiger partial charge in [0.15, 0.2) is 5.96 Å². The normalized spacial score (nSPS) is 17.0. The number of carbonyl (C=O) groups excluding carboxylic acids is 1. The van der Waals surface area contributed by atoms with Gasteiger partial charge in [0.25, 0.3) is 0 Å². The van der Waals surface area contributed by atoms with Gasteiger partial charge in [-0.05, 0) is 25.8 Å². The largest absolute Gasteiger partial charge is 0.352 e. The van der Waals surface area contributed by atoms with Crippen LogP contribution < -0.4 is 10.6 Å². The molecule has 2 atom stereocenters. The van der Waals surface area contributed by atoms with Crippen LogP contribution in [0.4, 0.5) is 0 Å². The van der Waals surface area contributed by atoms with Gasteiger partial charge in [0, 0.05) is 26.6 Å². The van der Waals surface area contributed by atoms with Crippen LogP contribution in [0.3, 0.4) is 0 Å². The van der Waals surface area contributed by atoms with Gasteiger partial charge in [0.2, 0.25) is 5.91 Å². The summed E-state index contributed by atoms with van der Waals surface area (Å²) in [6.45, 7) is 4.83. The summed E-state index contributed by atoms with van der Waals surface area (Å²) in [5.74, 6) is 2.43. The van der Waals surface area contributed by atoms with Crippen molar-refractivity contribution in [2.45, 2.75) is 45.3 Å². The Morgan fingerprint density at radius 1 is 1.34 bits per heavy atom. The summed E-state index contributed by atoms with van der Waals surface area (Å²) < 4.78 is 1.96. The third-order valence-electron chi connectivity index (χ3n) is 4.83. The maximum absolute atomic E-state index is 12.0. The average molecular weight is 511 g/mol. The monoisotopic (exact) mass is 511 g/mol. The van der Waals surface area contributed by atoms with E-state index in [1.54, 1.807) is 19.0 Å². The Morgan fingerprint density at radius 2 is 2.07 bits per heavy atom. The number of halogens is 1. The van der Waals surface area contributed by atoms with Crippen LogP contribution in [0.2, 0.25) is 0 Å². The van der Waals surface area contributed by atoms with Crippen LogP contribution in [-0.4, -0.2) is 58.2 Å². The Kier molecular flexibility index (Phi) is 8.42. The first-order valence-corrected chi connectivity index (χ1v) is 9.65. The number of nitrogens with zero attached hydrogens (tertiary/aromatic N) is 5. The number of hydrogen-bond donors (Lipinski definition) is 2. The lowest BCUT2D eigenvalue weighted by molar-refractivity contribution is -0.127. The standard InChI is InChI=1S/C20H29N7O.HI/c1-14(16-8-6-5-7-9-16)22-20(21-12-19(28)26(3)4)24-17-10-11-18-23-15(2)25-27(18)13-17;/h5-9,14,17H,10-13H2,1-4H3,(H2,21,22,24);1H. The van der Waals surface area contributed by atoms with E-state index in [2.05, 4.69) is 44.8 Å². The van der Waals surface area contributed by atoms with Crippen molar-refractivity contribution < 1.29 is 4.79 Å². The van der Waals surface area contributed by atoms with Crippen molar-refractivity contribution in [3.63, 3.8) is 0 Å². The van der Waals surface area contributed by atoms with E-state index >= 15 is 0 Å². The van der Waals surface area contributed by atoms with Crippen LogP contribution in [0.5, 0.6) is 0 Å². The molecular formula is C20H30IN7O. The number of aryl methyl sites for hydroxylation is 2. The molecule has 2 N–H and O–H groups in total. The Morgan fingerprint density at radius 3 is 2.76 bits per heavy atom. The molecule has 0 bridgehead atoms. The van der Waals surface area contributed by atoms with Gasteiger partial charge < -0.3 is 15.5 Å². The number of aromatic nitrogens is 3. The molecular weight excluding hydrogens is 481 g/mol. The van der Waals surface area contributed by atoms with Crippen molar-refractivity contribution in [2.24, 2.45) is 4.99 Å². The molecule has 1 aliphatic rings. The minimum atomic E-state index is -0.0358. The molecule has 1 aromatic heterocycles. The minimum absolute atomic E-state index is 0. The third kappa shape index (κ3) is 6.41. The number of likely N-dealkylation sites (N-methyl/N-ethyl adjacent to an activating group) is 1. The fourth-order valence-corrected chi connectivity index (χ4v) is 3.20. The topological polar surface area (TPSA) is 87.4 Å². The number of benzene rings is 1. The van der Waals surface area contributed by atoms with E-state index in [0.29, 0.717) is 5.96 Å². The Hall–Kier alpha value is -2.17. The van der Waals surface area contributed by atoms with Gasteiger partial charge in [-0.1, -0.05) is 30.3 Å². The number of fused-ring (bicyclic) bond motifs is 1. The van der Waals surface area contributed by atoms with Gasteiger partial charge in [0.1, 0.15) is 18.2 Å². The maximum Gasteiger partial charge on any atom is 0.243 e. The van der Waals surface area contributed by atoms with Gasteiger partial charge in [-0.25, -0.2) is 14.7 Å². The molecule has 3 rings (SSSR count). The average Bonchev–Trinajstić information content (AvgIpc) is 3.05. The van der Waals surface area contributed by atoms with Crippen LogP contribution in [-0.2, 0) is 17.8 Å². The molecule has 8 nitrogen and oxygen atoms in total. The fourth-order valence-electron chi connectivity index (χ4n) is 3.20. The van der Waals surface area contributed by atoms with Crippen LogP contribution in [0.25, 0.3) is 0 Å². The number of carbonyl (C=O) groups is 1. The lowest BCUT2D eigenvalue weighted by Gasteiger charge is -2.27. The molecule has 1 amide bonds. The highest BCUT2D eigenvalue weighted by molar-refractivity contribution is 14.0. The highest BCUT2D eigenvalue weighted by Crippen LogP contribution is 2.14. The van der Waals surface area contributed by atoms with Crippen LogP contribution in [0.15, 0.2) is 35.3 Å². The van der Waals surface area contributed by atoms with Gasteiger partial charge >= 0.3 is 0 Å². The molecule has 0 saturated carbocycles. The first-order chi connectivity index (χ1) is 13.4. The molecule has 0 radical (unpaired) electrons. The van der Waals surface area contributed by atoms with Gasteiger partial charge in [0.05, 0.1) is 12.6 Å². The first-order valence-electron chi connectivity index (χ1n) is 9.65. The number of rotatable bonds is 5. The Balaban J connectivity index is 0.00000300. The molecule has 1 aromatic carbocycles. The summed E-state index contributed by atoms with van der Waals surface area (Å²) >= 11 is 0. The molecule has 1 aliphatic heterocycles. The summed E-state index contributed by atoms with van der Waals surface area (Å²) in [6.07, 6.45) is 1.82. The summed E-state index contributed by atoms with van der Waals surface area (Å²) in [4.78, 5) is 22.5. The maximum atomic E-state index is 12.0. The summed E-state index contributed by atoms with van der Waals surface area (Å²) in [6, 6.07) is 10.4. The number of hydrogen-bond acceptors (Lipinski definition) is 4. The van der Waals surface area contributed by atoms with Crippen molar-refractivity contribution in [2.75, 3.05) is 20.6 Å². The molecule has 0 aliphatic carbocycles. The zero-order chi connectivity index (χ0) is 20.1. The van der Waals surface area contributed by atoms with E-state index in [9.17, 15) is 4.79 Å². The zero-order valence-electron chi connectivity index (χ0n) is 17.4. The van der Waals surface area contributed by atoms with Crippen molar-refractivity contribution in [3.8, 4) is 0 Å². The number of guanidine groups is 1. The van der Waals surface area contributed by atoms with E-state index in [1.165, 1.54) is 0 Å². The van der Waals surface area contributed by atoms with Gasteiger partial charge in [-0.2, -0.15) is 5.10 Å². The summed E-state index contributed by atoms with van der Waals surface area (Å²) in [5, 5.41) is 11.4. The highest BCUT2D eigenvalue weighted by Gasteiger charge is 2.22. The van der Waals surface area contributed by atoms with Crippen molar-refractivity contribution in [1.29, 1.82) is 0 Å². The molecule has 0 fully saturated rings. The lowest BCUT2D eigenvalue weighted by Crippen LogP contribution is -2.48. The van der Waals surface area contributed by atoms with Crippen molar-refractivity contribution >= 4 is 35.8 Å². The zero-order valence-corrected chi connectivity index (χ0v) is 19.8. The molecule has 0 spiro atoms. The predicted molar refractivity (Wildman–Crippen MR) is 124 cm³/mol. The second-order valence-electron chi connectivity index (χ2n) is 7.37. The van der Waals surface area contributed by atoms with Crippen LogP contribution in [0, 0.1) is 6.92 Å². The highest BCUT2D eigenvalue weighted by atomic mass is 127. The summed E-state index contributed by atoms with van der Waals surface area (Å²) in [5.41, 5.74) is 1.16. The van der Waals surface area contributed by atoms with Gasteiger partial charge in [-0.15, -0.1) is 24.0 Å². The minimum Gasteiger partial charge on any atom is -0.352 e. The summed E-state index contributed by atoms with van der Waals surface area (Å²) in [7, 11) is 3.47.